The van der Waals surface area contributed by atoms with Crippen molar-refractivity contribution < 1.29 is 14.3 Å². The molecule has 0 saturated carbocycles. The number of carbonyl (C=O) groups is 1. The Hall–Kier alpha value is -3.11. The Morgan fingerprint density at radius 3 is 2.06 bits per heavy atom. The van der Waals surface area contributed by atoms with Gasteiger partial charge in [-0.25, -0.2) is 4.79 Å². The third kappa shape index (κ3) is 5.57. The third-order valence-electron chi connectivity index (χ3n) is 6.18. The van der Waals surface area contributed by atoms with E-state index >= 15 is 0 Å². The molecule has 3 aromatic rings. The van der Waals surface area contributed by atoms with E-state index in [1.54, 1.807) is 19.2 Å². The van der Waals surface area contributed by atoms with Gasteiger partial charge in [-0.15, -0.1) is 0 Å². The van der Waals surface area contributed by atoms with Crippen LogP contribution in [0.15, 0.2) is 84.9 Å². The Labute approximate surface area is 190 Å². The first-order chi connectivity index (χ1) is 15.7. The Kier molecular flexibility index (Phi) is 7.57. The number of benzene rings is 3. The molecule has 0 unspecified atom stereocenters. The molecule has 2 atom stereocenters. The number of piperidine rings is 1. The molecule has 4 heteroatoms. The van der Waals surface area contributed by atoms with Crippen LogP contribution in [0.1, 0.15) is 52.8 Å². The second kappa shape index (κ2) is 11.0. The summed E-state index contributed by atoms with van der Waals surface area (Å²) < 4.78 is 11.6. The number of rotatable bonds is 8. The van der Waals surface area contributed by atoms with E-state index in [0.29, 0.717) is 5.56 Å². The Bertz CT molecular complexity index is 967. The van der Waals surface area contributed by atoms with Gasteiger partial charge in [-0.2, -0.15) is 0 Å². The van der Waals surface area contributed by atoms with Crippen molar-refractivity contribution in [3.8, 4) is 5.75 Å². The number of esters is 1. The van der Waals surface area contributed by atoms with Crippen molar-refractivity contribution in [2.75, 3.05) is 26.7 Å². The summed E-state index contributed by atoms with van der Waals surface area (Å²) in [5, 5.41) is 0. The van der Waals surface area contributed by atoms with Gasteiger partial charge >= 0.3 is 5.97 Å². The zero-order chi connectivity index (χ0) is 22.2. The highest BCUT2D eigenvalue weighted by Crippen LogP contribution is 2.37. The lowest BCUT2D eigenvalue weighted by Crippen LogP contribution is -2.36. The number of nitrogens with zero attached hydrogens (tertiary/aromatic N) is 1. The van der Waals surface area contributed by atoms with Crippen molar-refractivity contribution in [3.63, 3.8) is 0 Å². The number of ether oxygens (including phenoxy) is 2. The Morgan fingerprint density at radius 2 is 1.44 bits per heavy atom. The number of hydrogen-bond donors (Lipinski definition) is 0. The van der Waals surface area contributed by atoms with Crippen LogP contribution in [-0.2, 0) is 4.74 Å². The molecule has 1 aliphatic heterocycles. The Morgan fingerprint density at radius 1 is 0.812 bits per heavy atom. The van der Waals surface area contributed by atoms with E-state index in [9.17, 15) is 4.79 Å². The average molecular weight is 430 g/mol. The lowest BCUT2D eigenvalue weighted by molar-refractivity contribution is 0.0179. The van der Waals surface area contributed by atoms with Crippen LogP contribution >= 0.6 is 0 Å². The first-order valence-corrected chi connectivity index (χ1v) is 11.4. The maximum atomic E-state index is 13.1. The van der Waals surface area contributed by atoms with Crippen molar-refractivity contribution in [2.24, 2.45) is 0 Å². The van der Waals surface area contributed by atoms with Crippen molar-refractivity contribution in [1.82, 2.24) is 4.90 Å². The van der Waals surface area contributed by atoms with E-state index in [1.807, 2.05) is 48.5 Å². The molecule has 4 nitrogen and oxygen atoms in total. The molecular formula is C28H31NO3. The van der Waals surface area contributed by atoms with Gasteiger partial charge in [-0.05, 0) is 61.3 Å². The van der Waals surface area contributed by atoms with E-state index in [2.05, 4.69) is 29.2 Å². The molecule has 0 aromatic heterocycles. The molecule has 1 saturated heterocycles. The SMILES string of the molecule is COc1ccc([C@H](OC(=O)c2ccccc2)[C@@H](CN2CCCCC2)c2ccccc2)cc1. The zero-order valence-electron chi connectivity index (χ0n) is 18.7. The van der Waals surface area contributed by atoms with Crippen LogP contribution in [0.4, 0.5) is 0 Å². The van der Waals surface area contributed by atoms with Crippen LogP contribution in [0.3, 0.4) is 0 Å². The molecule has 0 N–H and O–H groups in total. The highest BCUT2D eigenvalue weighted by atomic mass is 16.5. The van der Waals surface area contributed by atoms with Crippen molar-refractivity contribution >= 4 is 5.97 Å². The maximum Gasteiger partial charge on any atom is 0.338 e. The molecular weight excluding hydrogens is 398 g/mol. The largest absolute Gasteiger partial charge is 0.497 e. The molecule has 0 radical (unpaired) electrons. The van der Waals surface area contributed by atoms with E-state index in [4.69, 9.17) is 9.47 Å². The van der Waals surface area contributed by atoms with Gasteiger partial charge in [0, 0.05) is 12.5 Å². The van der Waals surface area contributed by atoms with Gasteiger partial charge in [0.05, 0.1) is 12.7 Å². The van der Waals surface area contributed by atoms with Gasteiger partial charge in [0.2, 0.25) is 0 Å². The van der Waals surface area contributed by atoms with Gasteiger partial charge in [0.1, 0.15) is 11.9 Å². The molecule has 0 aliphatic carbocycles. The van der Waals surface area contributed by atoms with Crippen LogP contribution in [0, 0.1) is 0 Å². The number of carbonyl (C=O) groups excluding carboxylic acids is 1. The molecule has 0 spiro atoms. The molecule has 1 aliphatic rings. The summed E-state index contributed by atoms with van der Waals surface area (Å²) in [6, 6.07) is 27.5. The quantitative estimate of drug-likeness (QED) is 0.420. The smallest absolute Gasteiger partial charge is 0.338 e. The monoisotopic (exact) mass is 429 g/mol. The van der Waals surface area contributed by atoms with Crippen LogP contribution in [0.2, 0.25) is 0 Å². The first kappa shape index (κ1) is 22.1. The summed E-state index contributed by atoms with van der Waals surface area (Å²) in [4.78, 5) is 15.6. The lowest BCUT2D eigenvalue weighted by Gasteiger charge is -2.34. The predicted octanol–water partition coefficient (Wildman–Crippen LogP) is 5.86. The molecule has 4 rings (SSSR count). The van der Waals surface area contributed by atoms with Gasteiger partial charge in [-0.1, -0.05) is 67.1 Å². The predicted molar refractivity (Wildman–Crippen MR) is 127 cm³/mol. The molecule has 1 fully saturated rings. The van der Waals surface area contributed by atoms with E-state index in [0.717, 1.165) is 30.9 Å². The summed E-state index contributed by atoms with van der Waals surface area (Å²) in [6.45, 7) is 3.03. The molecule has 32 heavy (non-hydrogen) atoms. The fraction of sp³-hybridized carbons (Fsp3) is 0.321. The van der Waals surface area contributed by atoms with Crippen molar-refractivity contribution in [2.45, 2.75) is 31.3 Å². The second-order valence-corrected chi connectivity index (χ2v) is 8.34. The third-order valence-corrected chi connectivity index (χ3v) is 6.18. The minimum Gasteiger partial charge on any atom is -0.497 e. The minimum absolute atomic E-state index is 0.0235. The highest BCUT2D eigenvalue weighted by Gasteiger charge is 2.31. The number of likely N-dealkylation sites (tertiary alicyclic amines) is 1. The van der Waals surface area contributed by atoms with Crippen molar-refractivity contribution in [3.05, 3.63) is 102 Å². The minimum atomic E-state index is -0.405. The topological polar surface area (TPSA) is 38.8 Å². The molecule has 0 amide bonds. The molecule has 1 heterocycles. The van der Waals surface area contributed by atoms with Crippen molar-refractivity contribution in [1.29, 1.82) is 0 Å². The molecule has 3 aromatic carbocycles. The maximum absolute atomic E-state index is 13.1. The van der Waals surface area contributed by atoms with E-state index in [1.165, 1.54) is 24.8 Å². The summed E-state index contributed by atoms with van der Waals surface area (Å²) >= 11 is 0. The summed E-state index contributed by atoms with van der Waals surface area (Å²) in [5.74, 6) is 0.510. The number of hydrogen-bond acceptors (Lipinski definition) is 4. The van der Waals surface area contributed by atoms with Gasteiger partial charge in [0.15, 0.2) is 0 Å². The average Bonchev–Trinajstić information content (AvgIpc) is 2.88. The summed E-state index contributed by atoms with van der Waals surface area (Å²) in [5.41, 5.74) is 2.72. The van der Waals surface area contributed by atoms with E-state index in [-0.39, 0.29) is 11.9 Å². The Balaban J connectivity index is 1.69. The van der Waals surface area contributed by atoms with Crippen LogP contribution in [-0.4, -0.2) is 37.6 Å². The standard InChI is InChI=1S/C28H31NO3/c1-31-25-17-15-23(16-18-25)27(32-28(30)24-13-7-3-8-14-24)26(22-11-5-2-6-12-22)21-29-19-9-4-10-20-29/h2-3,5-8,11-18,26-27H,4,9-10,19-21H2,1H3/t26-,27-/m0/s1. The zero-order valence-corrected chi connectivity index (χ0v) is 18.7. The van der Waals surface area contributed by atoms with Crippen LogP contribution in [0.5, 0.6) is 5.75 Å². The summed E-state index contributed by atoms with van der Waals surface area (Å²) in [6.07, 6.45) is 3.33. The van der Waals surface area contributed by atoms with Gasteiger partial charge in [-0.3, -0.25) is 0 Å². The fourth-order valence-corrected chi connectivity index (χ4v) is 4.43. The van der Waals surface area contributed by atoms with Gasteiger partial charge < -0.3 is 14.4 Å². The van der Waals surface area contributed by atoms with Gasteiger partial charge in [0.25, 0.3) is 0 Å². The fourth-order valence-electron chi connectivity index (χ4n) is 4.43. The van der Waals surface area contributed by atoms with Crippen LogP contribution in [0.25, 0.3) is 0 Å². The second-order valence-electron chi connectivity index (χ2n) is 8.34. The number of methoxy groups -OCH3 is 1. The lowest BCUT2D eigenvalue weighted by atomic mass is 9.87. The molecule has 166 valence electrons. The normalized spacial score (nSPS) is 16.2. The van der Waals surface area contributed by atoms with Crippen LogP contribution < -0.4 is 4.74 Å². The highest BCUT2D eigenvalue weighted by molar-refractivity contribution is 5.89. The molecule has 0 bridgehead atoms. The first-order valence-electron chi connectivity index (χ1n) is 11.4. The summed E-state index contributed by atoms with van der Waals surface area (Å²) in [7, 11) is 1.66. The van der Waals surface area contributed by atoms with E-state index < -0.39 is 6.10 Å².